The number of hydrogen-bond acceptors (Lipinski definition) is 3. The third-order valence-electron chi connectivity index (χ3n) is 3.14. The molecule has 2 rings (SSSR count). The predicted octanol–water partition coefficient (Wildman–Crippen LogP) is 1.64. The number of nitrogens with two attached hydrogens (primary N) is 2. The molecule has 2 aromatic rings. The van der Waals surface area contributed by atoms with Gasteiger partial charge in [0.2, 0.25) is 5.91 Å². The fourth-order valence-corrected chi connectivity index (χ4v) is 2.01. The van der Waals surface area contributed by atoms with E-state index in [9.17, 15) is 9.59 Å². The van der Waals surface area contributed by atoms with Gasteiger partial charge in [-0.3, -0.25) is 9.59 Å². The predicted molar refractivity (Wildman–Crippen MR) is 81.6 cm³/mol. The average molecular weight is 283 g/mol. The van der Waals surface area contributed by atoms with Crippen LogP contribution < -0.4 is 11.5 Å². The van der Waals surface area contributed by atoms with E-state index < -0.39 is 5.91 Å². The molecule has 21 heavy (non-hydrogen) atoms. The molecule has 0 unspecified atom stereocenters. The largest absolute Gasteiger partial charge is 0.399 e. The normalized spacial score (nSPS) is 10.1. The molecule has 0 radical (unpaired) electrons. The molecule has 0 heterocycles. The summed E-state index contributed by atoms with van der Waals surface area (Å²) in [4.78, 5) is 24.9. The molecule has 0 aromatic heterocycles. The molecule has 0 saturated carbocycles. The van der Waals surface area contributed by atoms with Crippen LogP contribution in [0.25, 0.3) is 0 Å². The Morgan fingerprint density at radius 3 is 2.29 bits per heavy atom. The van der Waals surface area contributed by atoms with Gasteiger partial charge in [-0.15, -0.1) is 0 Å². The summed E-state index contributed by atoms with van der Waals surface area (Å²) < 4.78 is 0. The molecule has 0 saturated heterocycles. The topological polar surface area (TPSA) is 89.4 Å². The summed E-state index contributed by atoms with van der Waals surface area (Å²) in [7, 11) is 1.72. The van der Waals surface area contributed by atoms with E-state index in [0.29, 0.717) is 23.4 Å². The first-order valence-electron chi connectivity index (χ1n) is 6.47. The van der Waals surface area contributed by atoms with E-state index in [2.05, 4.69) is 0 Å². The van der Waals surface area contributed by atoms with Crippen molar-refractivity contribution in [3.05, 3.63) is 65.2 Å². The number of carbonyl (C=O) groups excluding carboxylic acids is 2. The van der Waals surface area contributed by atoms with Crippen LogP contribution in [0, 0.1) is 0 Å². The minimum Gasteiger partial charge on any atom is -0.399 e. The molecule has 0 aliphatic carbocycles. The van der Waals surface area contributed by atoms with E-state index in [-0.39, 0.29) is 5.91 Å². The Balaban J connectivity index is 2.08. The number of nitrogen functional groups attached to an aromatic ring is 1. The molecule has 0 fully saturated rings. The second kappa shape index (κ2) is 6.09. The molecular weight excluding hydrogens is 266 g/mol. The standard InChI is InChI=1S/C16H17N3O2/c1-19(16(21)13-3-2-4-14(17)9-13)10-11-5-7-12(8-6-11)15(18)20/h2-9H,10,17H2,1H3,(H2,18,20). The lowest BCUT2D eigenvalue weighted by atomic mass is 10.1. The summed E-state index contributed by atoms with van der Waals surface area (Å²) in [6.07, 6.45) is 0. The Labute approximate surface area is 123 Å². The highest BCUT2D eigenvalue weighted by Gasteiger charge is 2.12. The van der Waals surface area contributed by atoms with Gasteiger partial charge in [0, 0.05) is 30.4 Å². The Hall–Kier alpha value is -2.82. The zero-order valence-corrected chi connectivity index (χ0v) is 11.7. The summed E-state index contributed by atoms with van der Waals surface area (Å²) in [5.74, 6) is -0.577. The highest BCUT2D eigenvalue weighted by molar-refractivity contribution is 5.95. The highest BCUT2D eigenvalue weighted by atomic mass is 16.2. The van der Waals surface area contributed by atoms with E-state index in [1.807, 2.05) is 0 Å². The van der Waals surface area contributed by atoms with Crippen LogP contribution in [0.5, 0.6) is 0 Å². The number of rotatable bonds is 4. The molecule has 0 bridgehead atoms. The number of amides is 2. The van der Waals surface area contributed by atoms with Crippen LogP contribution in [0.1, 0.15) is 26.3 Å². The Morgan fingerprint density at radius 1 is 1.05 bits per heavy atom. The molecule has 0 aliphatic heterocycles. The molecule has 2 aromatic carbocycles. The van der Waals surface area contributed by atoms with Crippen LogP contribution in [0.3, 0.4) is 0 Å². The Bertz CT molecular complexity index is 665. The number of hydrogen-bond donors (Lipinski definition) is 2. The van der Waals surface area contributed by atoms with Gasteiger partial charge in [-0.2, -0.15) is 0 Å². The molecule has 4 N–H and O–H groups in total. The van der Waals surface area contributed by atoms with E-state index in [4.69, 9.17) is 11.5 Å². The first-order valence-corrected chi connectivity index (χ1v) is 6.47. The van der Waals surface area contributed by atoms with Gasteiger partial charge in [0.1, 0.15) is 0 Å². The maximum Gasteiger partial charge on any atom is 0.253 e. The maximum atomic E-state index is 12.3. The molecule has 108 valence electrons. The SMILES string of the molecule is CN(Cc1ccc(C(N)=O)cc1)C(=O)c1cccc(N)c1. The quantitative estimate of drug-likeness (QED) is 0.836. The van der Waals surface area contributed by atoms with Crippen molar-refractivity contribution in [3.8, 4) is 0 Å². The van der Waals surface area contributed by atoms with Gasteiger partial charge < -0.3 is 16.4 Å². The molecule has 5 heteroatoms. The van der Waals surface area contributed by atoms with E-state index in [1.54, 1.807) is 60.5 Å². The lowest BCUT2D eigenvalue weighted by Gasteiger charge is -2.17. The molecule has 5 nitrogen and oxygen atoms in total. The lowest BCUT2D eigenvalue weighted by molar-refractivity contribution is 0.0784. The van der Waals surface area contributed by atoms with Crippen molar-refractivity contribution >= 4 is 17.5 Å². The number of primary amides is 1. The minimum absolute atomic E-state index is 0.110. The van der Waals surface area contributed by atoms with Crippen LogP contribution >= 0.6 is 0 Å². The highest BCUT2D eigenvalue weighted by Crippen LogP contribution is 2.12. The van der Waals surface area contributed by atoms with Crippen LogP contribution in [0.4, 0.5) is 5.69 Å². The second-order valence-corrected chi connectivity index (χ2v) is 4.85. The monoisotopic (exact) mass is 283 g/mol. The van der Waals surface area contributed by atoms with E-state index in [1.165, 1.54) is 0 Å². The first kappa shape index (κ1) is 14.6. The zero-order valence-electron chi connectivity index (χ0n) is 11.7. The fourth-order valence-electron chi connectivity index (χ4n) is 2.01. The van der Waals surface area contributed by atoms with Crippen molar-refractivity contribution in [1.29, 1.82) is 0 Å². The van der Waals surface area contributed by atoms with Gasteiger partial charge in [-0.05, 0) is 35.9 Å². The zero-order chi connectivity index (χ0) is 15.4. The van der Waals surface area contributed by atoms with Gasteiger partial charge >= 0.3 is 0 Å². The summed E-state index contributed by atoms with van der Waals surface area (Å²) in [5.41, 5.74) is 13.3. The second-order valence-electron chi connectivity index (χ2n) is 4.85. The van der Waals surface area contributed by atoms with Crippen LogP contribution in [-0.4, -0.2) is 23.8 Å². The van der Waals surface area contributed by atoms with Crippen LogP contribution in [-0.2, 0) is 6.54 Å². The van der Waals surface area contributed by atoms with Crippen molar-refractivity contribution in [2.45, 2.75) is 6.54 Å². The van der Waals surface area contributed by atoms with E-state index in [0.717, 1.165) is 5.56 Å². The fraction of sp³-hybridized carbons (Fsp3) is 0.125. The molecule has 2 amide bonds. The third kappa shape index (κ3) is 3.60. The minimum atomic E-state index is -0.467. The average Bonchev–Trinajstić information content (AvgIpc) is 2.47. The van der Waals surface area contributed by atoms with Gasteiger partial charge in [0.05, 0.1) is 0 Å². The maximum absolute atomic E-state index is 12.3. The summed E-state index contributed by atoms with van der Waals surface area (Å²) in [6.45, 7) is 0.437. The van der Waals surface area contributed by atoms with Crippen LogP contribution in [0.2, 0.25) is 0 Å². The summed E-state index contributed by atoms with van der Waals surface area (Å²) >= 11 is 0. The van der Waals surface area contributed by atoms with Gasteiger partial charge in [0.25, 0.3) is 5.91 Å². The van der Waals surface area contributed by atoms with Gasteiger partial charge in [-0.1, -0.05) is 18.2 Å². The van der Waals surface area contributed by atoms with Crippen molar-refractivity contribution in [2.75, 3.05) is 12.8 Å². The smallest absolute Gasteiger partial charge is 0.253 e. The molecule has 0 atom stereocenters. The number of benzene rings is 2. The summed E-state index contributed by atoms with van der Waals surface area (Å²) in [6, 6.07) is 13.7. The van der Waals surface area contributed by atoms with Crippen molar-refractivity contribution in [1.82, 2.24) is 4.90 Å². The Kier molecular flexibility index (Phi) is 4.23. The lowest BCUT2D eigenvalue weighted by Crippen LogP contribution is -2.26. The third-order valence-corrected chi connectivity index (χ3v) is 3.14. The Morgan fingerprint density at radius 2 is 1.71 bits per heavy atom. The van der Waals surface area contributed by atoms with E-state index >= 15 is 0 Å². The van der Waals surface area contributed by atoms with Gasteiger partial charge in [-0.25, -0.2) is 0 Å². The number of carbonyl (C=O) groups is 2. The molecule has 0 spiro atoms. The van der Waals surface area contributed by atoms with Crippen molar-refractivity contribution in [3.63, 3.8) is 0 Å². The van der Waals surface area contributed by atoms with Crippen LogP contribution in [0.15, 0.2) is 48.5 Å². The molecule has 0 aliphatic rings. The molecular formula is C16H17N3O2. The first-order chi connectivity index (χ1) is 9.97. The summed E-state index contributed by atoms with van der Waals surface area (Å²) in [5, 5.41) is 0. The van der Waals surface area contributed by atoms with Crippen molar-refractivity contribution in [2.24, 2.45) is 5.73 Å². The van der Waals surface area contributed by atoms with Gasteiger partial charge in [0.15, 0.2) is 0 Å². The number of nitrogens with zero attached hydrogens (tertiary/aromatic N) is 1. The van der Waals surface area contributed by atoms with Crippen molar-refractivity contribution < 1.29 is 9.59 Å². The number of anilines is 1.